The van der Waals surface area contributed by atoms with E-state index in [1.165, 1.54) is 6.07 Å². The summed E-state index contributed by atoms with van der Waals surface area (Å²) in [5, 5.41) is 8.82. The minimum atomic E-state index is -0.551. The van der Waals surface area contributed by atoms with Gasteiger partial charge in [-0.3, -0.25) is 0 Å². The molecule has 0 atom stereocenters. The van der Waals surface area contributed by atoms with Gasteiger partial charge in [-0.25, -0.2) is 4.39 Å². The molecule has 2 nitrogen and oxygen atoms in total. The molecule has 0 unspecified atom stereocenters. The predicted molar refractivity (Wildman–Crippen MR) is 86.8 cm³/mol. The van der Waals surface area contributed by atoms with E-state index in [9.17, 15) is 4.39 Å². The van der Waals surface area contributed by atoms with E-state index in [2.05, 4.69) is 31.9 Å². The summed E-state index contributed by atoms with van der Waals surface area (Å²) in [4.78, 5) is 0. The summed E-state index contributed by atoms with van der Waals surface area (Å²) >= 11 is 12.6. The third kappa shape index (κ3) is 3.76. The maximum absolute atomic E-state index is 14.0. The fraction of sp³-hybridized carbons (Fsp3) is 0.133. The summed E-state index contributed by atoms with van der Waals surface area (Å²) in [7, 11) is 0. The molecule has 0 aliphatic heterocycles. The predicted octanol–water partition coefficient (Wildman–Crippen LogP) is 5.54. The lowest BCUT2D eigenvalue weighted by atomic mass is 10.1. The van der Waals surface area contributed by atoms with Crippen molar-refractivity contribution in [2.45, 2.75) is 12.5 Å². The Kier molecular flexibility index (Phi) is 5.63. The molecule has 0 spiro atoms. The number of alkyl halides is 1. The molecule has 0 radical (unpaired) electrons. The van der Waals surface area contributed by atoms with Crippen LogP contribution in [0.4, 0.5) is 4.39 Å². The maximum atomic E-state index is 14.0. The molecule has 2 rings (SSSR count). The van der Waals surface area contributed by atoms with Crippen LogP contribution in [-0.2, 0) is 12.5 Å². The quantitative estimate of drug-likeness (QED) is 0.593. The van der Waals surface area contributed by atoms with Gasteiger partial charge in [0.15, 0.2) is 0 Å². The largest absolute Gasteiger partial charge is 0.486 e. The van der Waals surface area contributed by atoms with Crippen molar-refractivity contribution in [2.75, 3.05) is 0 Å². The number of nitriles is 1. The zero-order chi connectivity index (χ0) is 15.4. The number of ether oxygens (including phenoxy) is 1. The second-order valence-electron chi connectivity index (χ2n) is 4.20. The second kappa shape index (κ2) is 7.26. The van der Waals surface area contributed by atoms with Crippen molar-refractivity contribution in [2.24, 2.45) is 0 Å². The summed E-state index contributed by atoms with van der Waals surface area (Å²) in [6.07, 6.45) is 0. The van der Waals surface area contributed by atoms with Crippen LogP contribution in [-0.4, -0.2) is 0 Å². The highest BCUT2D eigenvalue weighted by atomic mass is 79.9. The zero-order valence-corrected chi connectivity index (χ0v) is 14.6. The van der Waals surface area contributed by atoms with Crippen LogP contribution in [0.3, 0.4) is 0 Å². The molecule has 2 aromatic rings. The van der Waals surface area contributed by atoms with E-state index >= 15 is 0 Å². The number of hydrogen-bond donors (Lipinski definition) is 0. The first-order chi connectivity index (χ1) is 10.1. The van der Waals surface area contributed by atoms with Gasteiger partial charge in [0.2, 0.25) is 0 Å². The van der Waals surface area contributed by atoms with Crippen LogP contribution < -0.4 is 4.74 Å². The number of halogens is 4. The average molecular weight is 434 g/mol. The summed E-state index contributed by atoms with van der Waals surface area (Å²) in [6.45, 7) is 0.0266. The molecular formula is C15H9Br2ClFNO. The lowest BCUT2D eigenvalue weighted by Crippen LogP contribution is -2.01. The van der Waals surface area contributed by atoms with Gasteiger partial charge in [0.05, 0.1) is 14.5 Å². The molecule has 21 heavy (non-hydrogen) atoms. The topological polar surface area (TPSA) is 33.0 Å². The third-order valence-electron chi connectivity index (χ3n) is 2.78. The highest BCUT2D eigenvalue weighted by molar-refractivity contribution is 9.11. The van der Waals surface area contributed by atoms with E-state index in [-0.39, 0.29) is 12.2 Å². The van der Waals surface area contributed by atoms with Crippen molar-refractivity contribution in [3.8, 4) is 11.8 Å². The van der Waals surface area contributed by atoms with Gasteiger partial charge >= 0.3 is 0 Å². The van der Waals surface area contributed by atoms with Crippen LogP contribution in [0, 0.1) is 17.1 Å². The Balaban J connectivity index is 2.23. The Morgan fingerprint density at radius 3 is 2.48 bits per heavy atom. The Labute approximate surface area is 143 Å². The van der Waals surface area contributed by atoms with Gasteiger partial charge in [0.1, 0.15) is 24.2 Å². The van der Waals surface area contributed by atoms with Gasteiger partial charge in [-0.15, -0.1) is 11.6 Å². The molecule has 0 saturated carbocycles. The van der Waals surface area contributed by atoms with Gasteiger partial charge < -0.3 is 4.74 Å². The molecular weight excluding hydrogens is 424 g/mol. The standard InChI is InChI=1S/C15H9Br2ClFNO/c16-12-4-9(6-18)5-13(17)15(12)21-8-11-3-1-2-10(7-20)14(11)19/h1-5H,6,8H2. The van der Waals surface area contributed by atoms with Gasteiger partial charge in [0, 0.05) is 11.4 Å². The van der Waals surface area contributed by atoms with Crippen molar-refractivity contribution >= 4 is 43.5 Å². The van der Waals surface area contributed by atoms with Crippen molar-refractivity contribution in [1.29, 1.82) is 5.26 Å². The Morgan fingerprint density at radius 2 is 1.90 bits per heavy atom. The normalized spacial score (nSPS) is 10.2. The van der Waals surface area contributed by atoms with Crippen LogP contribution in [0.25, 0.3) is 0 Å². The fourth-order valence-corrected chi connectivity index (χ4v) is 3.42. The maximum Gasteiger partial charge on any atom is 0.148 e. The minimum Gasteiger partial charge on any atom is -0.486 e. The highest BCUT2D eigenvalue weighted by Crippen LogP contribution is 2.35. The molecule has 2 aromatic carbocycles. The lowest BCUT2D eigenvalue weighted by Gasteiger charge is -2.12. The molecule has 6 heteroatoms. The van der Waals surface area contributed by atoms with Gasteiger partial charge in [-0.05, 0) is 55.6 Å². The highest BCUT2D eigenvalue weighted by Gasteiger charge is 2.12. The molecule has 0 aliphatic rings. The van der Waals surface area contributed by atoms with Crippen LogP contribution >= 0.6 is 43.5 Å². The van der Waals surface area contributed by atoms with E-state index in [4.69, 9.17) is 21.6 Å². The van der Waals surface area contributed by atoms with Crippen molar-refractivity contribution in [3.05, 3.63) is 61.8 Å². The lowest BCUT2D eigenvalue weighted by molar-refractivity contribution is 0.296. The Morgan fingerprint density at radius 1 is 1.24 bits per heavy atom. The number of benzene rings is 2. The molecule has 0 saturated heterocycles. The monoisotopic (exact) mass is 431 g/mol. The zero-order valence-electron chi connectivity index (χ0n) is 10.7. The van der Waals surface area contributed by atoms with Crippen molar-refractivity contribution in [1.82, 2.24) is 0 Å². The van der Waals surface area contributed by atoms with Crippen LogP contribution in [0.5, 0.6) is 5.75 Å². The summed E-state index contributed by atoms with van der Waals surface area (Å²) in [5.41, 5.74) is 1.27. The number of nitrogens with zero attached hydrogens (tertiary/aromatic N) is 1. The van der Waals surface area contributed by atoms with Gasteiger partial charge in [-0.2, -0.15) is 5.26 Å². The second-order valence-corrected chi connectivity index (χ2v) is 6.18. The smallest absolute Gasteiger partial charge is 0.148 e. The van der Waals surface area contributed by atoms with Gasteiger partial charge in [-0.1, -0.05) is 12.1 Å². The van der Waals surface area contributed by atoms with E-state index in [1.807, 2.05) is 18.2 Å². The summed E-state index contributed by atoms with van der Waals surface area (Å²) < 4.78 is 21.1. The van der Waals surface area contributed by atoms with E-state index in [0.29, 0.717) is 17.2 Å². The molecule has 0 fully saturated rings. The summed E-state index contributed by atoms with van der Waals surface area (Å²) in [5.74, 6) is 0.395. The Hall–Kier alpha value is -1.09. The van der Waals surface area contributed by atoms with Crippen LogP contribution in [0.15, 0.2) is 39.3 Å². The number of rotatable bonds is 4. The van der Waals surface area contributed by atoms with Crippen molar-refractivity contribution in [3.63, 3.8) is 0 Å². The van der Waals surface area contributed by atoms with Crippen LogP contribution in [0.2, 0.25) is 0 Å². The molecule has 0 amide bonds. The molecule has 108 valence electrons. The molecule has 0 N–H and O–H groups in total. The van der Waals surface area contributed by atoms with Crippen molar-refractivity contribution < 1.29 is 9.13 Å². The first kappa shape index (κ1) is 16.3. The van der Waals surface area contributed by atoms with E-state index in [0.717, 1.165) is 14.5 Å². The average Bonchev–Trinajstić information content (AvgIpc) is 2.47. The summed E-state index contributed by atoms with van der Waals surface area (Å²) in [6, 6.07) is 10.1. The molecule has 0 aliphatic carbocycles. The third-order valence-corrected chi connectivity index (χ3v) is 4.27. The van der Waals surface area contributed by atoms with Gasteiger partial charge in [0.25, 0.3) is 0 Å². The first-order valence-electron chi connectivity index (χ1n) is 5.91. The first-order valence-corrected chi connectivity index (χ1v) is 8.03. The number of hydrogen-bond acceptors (Lipinski definition) is 2. The van der Waals surface area contributed by atoms with Crippen LogP contribution in [0.1, 0.15) is 16.7 Å². The van der Waals surface area contributed by atoms with E-state index < -0.39 is 5.82 Å². The Bertz CT molecular complexity index is 692. The fourth-order valence-electron chi connectivity index (χ4n) is 1.75. The molecule has 0 aromatic heterocycles. The SMILES string of the molecule is N#Cc1cccc(COc2c(Br)cc(CCl)cc2Br)c1F. The van der Waals surface area contributed by atoms with E-state index in [1.54, 1.807) is 12.1 Å². The minimum absolute atomic E-state index is 0.00622. The molecule has 0 bridgehead atoms. The molecule has 0 heterocycles.